The number of aromatic amines is 1. The minimum Gasteiger partial charge on any atom is -0.197 e. The molecule has 0 bridgehead atoms. The van der Waals surface area contributed by atoms with E-state index in [4.69, 9.17) is 0 Å². The van der Waals surface area contributed by atoms with Crippen molar-refractivity contribution in [3.63, 3.8) is 0 Å². The summed E-state index contributed by atoms with van der Waals surface area (Å²) in [6, 6.07) is 15.6. The molecule has 0 saturated carbocycles. The average molecular weight is 355 g/mol. The molecule has 86 valence electrons. The zero-order valence-corrected chi connectivity index (χ0v) is 11.9. The lowest BCUT2D eigenvalue weighted by molar-refractivity contribution is 0.959. The van der Waals surface area contributed by atoms with Gasteiger partial charge in [0.2, 0.25) is 0 Å². The summed E-state index contributed by atoms with van der Waals surface area (Å²) >= 11 is 6.70. The highest BCUT2D eigenvalue weighted by Crippen LogP contribution is 2.20. The van der Waals surface area contributed by atoms with Gasteiger partial charge in [-0.25, -0.2) is 0 Å². The van der Waals surface area contributed by atoms with Crippen molar-refractivity contribution in [2.45, 2.75) is 0 Å². The van der Waals surface area contributed by atoms with Crippen LogP contribution in [-0.4, -0.2) is 15.4 Å². The van der Waals surface area contributed by atoms with Crippen LogP contribution in [0, 0.1) is 0 Å². The van der Waals surface area contributed by atoms with Crippen molar-refractivity contribution in [3.8, 4) is 0 Å². The molecule has 3 nitrogen and oxygen atoms in total. The zero-order chi connectivity index (χ0) is 12.1. The van der Waals surface area contributed by atoms with E-state index < -0.39 is 0 Å². The summed E-state index contributed by atoms with van der Waals surface area (Å²) < 4.78 is 2.19. The van der Waals surface area contributed by atoms with Gasteiger partial charge in [0.1, 0.15) is 11.0 Å². The fraction of sp³-hybridized carbons (Fsp3) is 0. The third kappa shape index (κ3) is 3.38. The molecule has 1 aromatic heterocycles. The van der Waals surface area contributed by atoms with Gasteiger partial charge >= 0.3 is 0 Å². The van der Waals surface area contributed by atoms with Crippen LogP contribution in [0.1, 0.15) is 0 Å². The Labute approximate surface area is 115 Å². The highest BCUT2D eigenvalue weighted by atomic mass is 79.9. The molecule has 2 aromatic carbocycles. The molecule has 1 N–H and O–H groups in total. The summed E-state index contributed by atoms with van der Waals surface area (Å²) in [6.07, 6.45) is 0. The van der Waals surface area contributed by atoms with Crippen molar-refractivity contribution in [1.82, 2.24) is 15.4 Å². The number of para-hydroxylation sites is 2. The second kappa shape index (κ2) is 5.93. The Bertz CT molecular complexity index is 556. The molecule has 0 radical (unpaired) electrons. The van der Waals surface area contributed by atoms with Crippen LogP contribution >= 0.6 is 31.9 Å². The molecular formula is C12H9Br2N3. The standard InChI is InChI=1S/C6H4Br2.C6H5N3/c7-5-3-1-2-4-6(5)8;1-2-4-6-5(3-1)7-9-8-6/h1-4H;1-4H,(H,7,8,9). The third-order valence-electron chi connectivity index (χ3n) is 2.05. The number of rotatable bonds is 0. The van der Waals surface area contributed by atoms with Gasteiger partial charge in [-0.1, -0.05) is 24.3 Å². The van der Waals surface area contributed by atoms with Gasteiger partial charge in [0.05, 0.1) is 0 Å². The zero-order valence-electron chi connectivity index (χ0n) is 8.77. The monoisotopic (exact) mass is 353 g/mol. The van der Waals surface area contributed by atoms with Crippen LogP contribution in [0.15, 0.2) is 57.5 Å². The van der Waals surface area contributed by atoms with Gasteiger partial charge in [-0.3, -0.25) is 0 Å². The van der Waals surface area contributed by atoms with Crippen molar-refractivity contribution in [2.24, 2.45) is 0 Å². The molecule has 0 aliphatic rings. The lowest BCUT2D eigenvalue weighted by Crippen LogP contribution is -1.63. The molecule has 0 unspecified atom stereocenters. The topological polar surface area (TPSA) is 41.6 Å². The number of nitrogens with zero attached hydrogens (tertiary/aromatic N) is 2. The molecule has 5 heteroatoms. The number of H-pyrrole nitrogens is 1. The molecule has 0 amide bonds. The van der Waals surface area contributed by atoms with E-state index in [1.54, 1.807) is 0 Å². The molecule has 0 fully saturated rings. The summed E-state index contributed by atoms with van der Waals surface area (Å²) in [6.45, 7) is 0. The van der Waals surface area contributed by atoms with Gasteiger partial charge in [-0.15, -0.1) is 0 Å². The van der Waals surface area contributed by atoms with Crippen LogP contribution in [0.4, 0.5) is 0 Å². The van der Waals surface area contributed by atoms with Gasteiger partial charge in [-0.2, -0.15) is 15.4 Å². The molecule has 0 atom stereocenters. The minimum atomic E-state index is 0.914. The third-order valence-corrected chi connectivity index (χ3v) is 3.96. The lowest BCUT2D eigenvalue weighted by atomic mass is 10.3. The van der Waals surface area contributed by atoms with Crippen molar-refractivity contribution >= 4 is 42.9 Å². The van der Waals surface area contributed by atoms with Gasteiger partial charge in [0.25, 0.3) is 0 Å². The summed E-state index contributed by atoms with van der Waals surface area (Å²) in [5.41, 5.74) is 1.83. The largest absolute Gasteiger partial charge is 0.197 e. The van der Waals surface area contributed by atoms with Crippen LogP contribution in [0.5, 0.6) is 0 Å². The number of nitrogens with one attached hydrogen (secondary N) is 1. The Hall–Kier alpha value is -1.20. The van der Waals surface area contributed by atoms with E-state index in [-0.39, 0.29) is 0 Å². The number of benzene rings is 2. The van der Waals surface area contributed by atoms with Crippen molar-refractivity contribution in [1.29, 1.82) is 0 Å². The predicted molar refractivity (Wildman–Crippen MR) is 75.7 cm³/mol. The molecule has 3 aromatic rings. The first kappa shape index (κ1) is 12.3. The molecule has 3 rings (SSSR count). The van der Waals surface area contributed by atoms with Crippen LogP contribution < -0.4 is 0 Å². The minimum absolute atomic E-state index is 0.914. The quantitative estimate of drug-likeness (QED) is 0.658. The summed E-state index contributed by atoms with van der Waals surface area (Å²) in [7, 11) is 0. The lowest BCUT2D eigenvalue weighted by Gasteiger charge is -1.89. The smallest absolute Gasteiger partial charge is 0.112 e. The molecule has 1 heterocycles. The Morgan fingerprint density at radius 1 is 0.706 bits per heavy atom. The molecule has 0 aliphatic carbocycles. The van der Waals surface area contributed by atoms with Gasteiger partial charge in [0.15, 0.2) is 0 Å². The summed E-state index contributed by atoms with van der Waals surface area (Å²) in [5.74, 6) is 0. The molecular weight excluding hydrogens is 346 g/mol. The van der Waals surface area contributed by atoms with E-state index in [9.17, 15) is 0 Å². The Balaban J connectivity index is 0.000000128. The maximum Gasteiger partial charge on any atom is 0.112 e. The summed E-state index contributed by atoms with van der Waals surface area (Å²) in [5, 5.41) is 10.3. The highest BCUT2D eigenvalue weighted by molar-refractivity contribution is 9.13. The van der Waals surface area contributed by atoms with Crippen LogP contribution in [0.3, 0.4) is 0 Å². The first-order valence-electron chi connectivity index (χ1n) is 4.93. The number of fused-ring (bicyclic) bond motifs is 1. The highest BCUT2D eigenvalue weighted by Gasteiger charge is 1.90. The van der Waals surface area contributed by atoms with E-state index >= 15 is 0 Å². The van der Waals surface area contributed by atoms with Crippen molar-refractivity contribution in [3.05, 3.63) is 57.5 Å². The fourth-order valence-electron chi connectivity index (χ4n) is 1.23. The van der Waals surface area contributed by atoms with E-state index in [2.05, 4.69) is 47.3 Å². The SMILES string of the molecule is Brc1ccccc1Br.c1ccc2n[nH]nc2c1. The molecule has 0 spiro atoms. The first-order valence-corrected chi connectivity index (χ1v) is 6.51. The average Bonchev–Trinajstić information content (AvgIpc) is 2.82. The number of halogens is 2. The van der Waals surface area contributed by atoms with Crippen molar-refractivity contribution in [2.75, 3.05) is 0 Å². The van der Waals surface area contributed by atoms with Crippen molar-refractivity contribution < 1.29 is 0 Å². The number of hydrogen-bond acceptors (Lipinski definition) is 2. The van der Waals surface area contributed by atoms with E-state index in [0.717, 1.165) is 20.0 Å². The molecule has 0 saturated heterocycles. The van der Waals surface area contributed by atoms with Gasteiger partial charge in [0, 0.05) is 8.95 Å². The number of aromatic nitrogens is 3. The Morgan fingerprint density at radius 3 is 1.53 bits per heavy atom. The maximum absolute atomic E-state index is 3.88. The van der Waals surface area contributed by atoms with Gasteiger partial charge < -0.3 is 0 Å². The predicted octanol–water partition coefficient (Wildman–Crippen LogP) is 4.17. The second-order valence-corrected chi connectivity index (χ2v) is 4.94. The number of hydrogen-bond donors (Lipinski definition) is 1. The van der Waals surface area contributed by atoms with Crippen LogP contribution in [0.25, 0.3) is 11.0 Å². The van der Waals surface area contributed by atoms with E-state index in [1.165, 1.54) is 0 Å². The summed E-state index contributed by atoms with van der Waals surface area (Å²) in [4.78, 5) is 0. The first-order chi connectivity index (χ1) is 8.27. The maximum atomic E-state index is 3.88. The van der Waals surface area contributed by atoms with E-state index in [1.807, 2.05) is 48.5 Å². The Morgan fingerprint density at radius 2 is 1.12 bits per heavy atom. The van der Waals surface area contributed by atoms with E-state index in [0.29, 0.717) is 0 Å². The molecule has 0 aliphatic heterocycles. The molecule has 17 heavy (non-hydrogen) atoms. The second-order valence-electron chi connectivity index (χ2n) is 3.23. The van der Waals surface area contributed by atoms with Crippen LogP contribution in [-0.2, 0) is 0 Å². The fourth-order valence-corrected chi connectivity index (χ4v) is 1.79. The van der Waals surface area contributed by atoms with Gasteiger partial charge in [-0.05, 0) is 56.1 Å². The van der Waals surface area contributed by atoms with Crippen LogP contribution in [0.2, 0.25) is 0 Å². The Kier molecular flexibility index (Phi) is 4.28. The normalized spacial score (nSPS) is 9.76.